The van der Waals surface area contributed by atoms with E-state index in [2.05, 4.69) is 33.5 Å². The van der Waals surface area contributed by atoms with Crippen LogP contribution >= 0.6 is 9.24 Å². The van der Waals surface area contributed by atoms with Crippen LogP contribution in [-0.4, -0.2) is 24.9 Å². The van der Waals surface area contributed by atoms with Gasteiger partial charge in [0.2, 0.25) is 5.91 Å². The first-order valence-corrected chi connectivity index (χ1v) is 7.22. The standard InChI is InChI=1S/C17H20NOP/c1-18(2)16(19)13-17(20,14-9-5-3-6-10-14)15-11-7-4-8-12-15/h3-12H,13,20H2,1-2H3. The van der Waals surface area contributed by atoms with Crippen molar-refractivity contribution in [2.45, 2.75) is 11.6 Å². The summed E-state index contributed by atoms with van der Waals surface area (Å²) in [4.78, 5) is 13.9. The number of nitrogens with zero attached hydrogens (tertiary/aromatic N) is 1. The molecule has 20 heavy (non-hydrogen) atoms. The van der Waals surface area contributed by atoms with Crippen molar-refractivity contribution >= 4 is 15.1 Å². The molecule has 2 aromatic rings. The molecular weight excluding hydrogens is 265 g/mol. The molecule has 0 aliphatic heterocycles. The van der Waals surface area contributed by atoms with Gasteiger partial charge >= 0.3 is 0 Å². The van der Waals surface area contributed by atoms with E-state index in [-0.39, 0.29) is 11.1 Å². The Morgan fingerprint density at radius 3 is 1.70 bits per heavy atom. The summed E-state index contributed by atoms with van der Waals surface area (Å²) >= 11 is 0. The van der Waals surface area contributed by atoms with Crippen molar-refractivity contribution in [2.24, 2.45) is 0 Å². The largest absolute Gasteiger partial charge is 0.349 e. The molecule has 3 heteroatoms. The smallest absolute Gasteiger partial charge is 0.223 e. The van der Waals surface area contributed by atoms with E-state index in [4.69, 9.17) is 0 Å². The summed E-state index contributed by atoms with van der Waals surface area (Å²) in [5.74, 6) is 0.118. The number of amides is 1. The Morgan fingerprint density at radius 2 is 1.35 bits per heavy atom. The quantitative estimate of drug-likeness (QED) is 0.789. The molecule has 0 saturated heterocycles. The van der Waals surface area contributed by atoms with Gasteiger partial charge < -0.3 is 4.90 Å². The summed E-state index contributed by atoms with van der Waals surface area (Å²) in [7, 11) is 6.48. The lowest BCUT2D eigenvalue weighted by Gasteiger charge is -2.31. The van der Waals surface area contributed by atoms with Crippen molar-refractivity contribution in [3.05, 3.63) is 71.8 Å². The van der Waals surface area contributed by atoms with Gasteiger partial charge in [-0.3, -0.25) is 4.79 Å². The fourth-order valence-corrected chi connectivity index (χ4v) is 2.80. The van der Waals surface area contributed by atoms with E-state index >= 15 is 0 Å². The van der Waals surface area contributed by atoms with Crippen molar-refractivity contribution < 1.29 is 4.79 Å². The van der Waals surface area contributed by atoms with Crippen LogP contribution in [0.1, 0.15) is 17.5 Å². The lowest BCUT2D eigenvalue weighted by atomic mass is 9.87. The number of benzene rings is 2. The van der Waals surface area contributed by atoms with Gasteiger partial charge in [0.25, 0.3) is 0 Å². The second-order valence-corrected chi connectivity index (χ2v) is 6.15. The van der Waals surface area contributed by atoms with Crippen molar-refractivity contribution in [3.8, 4) is 0 Å². The maximum Gasteiger partial charge on any atom is 0.223 e. The van der Waals surface area contributed by atoms with Crippen LogP contribution in [0, 0.1) is 0 Å². The highest BCUT2D eigenvalue weighted by molar-refractivity contribution is 7.19. The Balaban J connectivity index is 2.47. The van der Waals surface area contributed by atoms with Gasteiger partial charge in [-0.15, -0.1) is 9.24 Å². The zero-order chi connectivity index (χ0) is 14.6. The van der Waals surface area contributed by atoms with Crippen LogP contribution < -0.4 is 0 Å². The normalized spacial score (nSPS) is 11.2. The molecule has 104 valence electrons. The number of rotatable bonds is 4. The summed E-state index contributed by atoms with van der Waals surface area (Å²) in [5, 5.41) is -0.385. The minimum absolute atomic E-state index is 0.118. The molecule has 2 aromatic carbocycles. The molecule has 2 nitrogen and oxygen atoms in total. The maximum absolute atomic E-state index is 12.2. The van der Waals surface area contributed by atoms with E-state index in [9.17, 15) is 4.79 Å². The average Bonchev–Trinajstić information content (AvgIpc) is 2.48. The maximum atomic E-state index is 12.2. The van der Waals surface area contributed by atoms with Gasteiger partial charge in [0.05, 0.1) is 0 Å². The molecule has 0 spiro atoms. The van der Waals surface area contributed by atoms with E-state index in [1.165, 1.54) is 0 Å². The molecule has 0 heterocycles. The molecule has 2 rings (SSSR count). The highest BCUT2D eigenvalue weighted by Gasteiger charge is 2.32. The zero-order valence-electron chi connectivity index (χ0n) is 11.9. The number of carbonyl (C=O) groups excluding carboxylic acids is 1. The van der Waals surface area contributed by atoms with Gasteiger partial charge in [-0.2, -0.15) is 0 Å². The van der Waals surface area contributed by atoms with Crippen molar-refractivity contribution in [3.63, 3.8) is 0 Å². The Kier molecular flexibility index (Phi) is 4.57. The highest BCUT2D eigenvalue weighted by atomic mass is 31.0. The number of hydrogen-bond donors (Lipinski definition) is 0. The van der Waals surface area contributed by atoms with Crippen molar-refractivity contribution in [2.75, 3.05) is 14.1 Å². The first-order valence-electron chi connectivity index (χ1n) is 6.64. The van der Waals surface area contributed by atoms with Crippen LogP contribution in [0.4, 0.5) is 0 Å². The van der Waals surface area contributed by atoms with E-state index in [0.717, 1.165) is 11.1 Å². The third kappa shape index (κ3) is 3.08. The molecule has 1 unspecified atom stereocenters. The lowest BCUT2D eigenvalue weighted by molar-refractivity contribution is -0.129. The van der Waals surface area contributed by atoms with Crippen LogP contribution in [-0.2, 0) is 9.95 Å². The summed E-state index contributed by atoms with van der Waals surface area (Å²) in [6.45, 7) is 0. The van der Waals surface area contributed by atoms with Crippen LogP contribution in [0.15, 0.2) is 60.7 Å². The summed E-state index contributed by atoms with van der Waals surface area (Å²) in [6.07, 6.45) is 0.429. The Morgan fingerprint density at radius 1 is 0.950 bits per heavy atom. The predicted molar refractivity (Wildman–Crippen MR) is 86.7 cm³/mol. The van der Waals surface area contributed by atoms with E-state index in [1.54, 1.807) is 19.0 Å². The Hall–Kier alpha value is -1.66. The molecule has 0 fully saturated rings. The first-order chi connectivity index (χ1) is 9.54. The van der Waals surface area contributed by atoms with E-state index < -0.39 is 0 Å². The summed E-state index contributed by atoms with van der Waals surface area (Å²) in [6, 6.07) is 20.3. The Bertz CT molecular complexity index is 527. The molecule has 0 saturated carbocycles. The molecular formula is C17H20NOP. The van der Waals surface area contributed by atoms with E-state index in [0.29, 0.717) is 6.42 Å². The van der Waals surface area contributed by atoms with Gasteiger partial charge in [0.15, 0.2) is 0 Å². The molecule has 0 N–H and O–H groups in total. The molecule has 0 aliphatic carbocycles. The summed E-state index contributed by atoms with van der Waals surface area (Å²) < 4.78 is 0. The third-order valence-electron chi connectivity index (χ3n) is 3.51. The third-order valence-corrected chi connectivity index (χ3v) is 4.38. The van der Waals surface area contributed by atoms with Crippen LogP contribution in [0.2, 0.25) is 0 Å². The minimum Gasteiger partial charge on any atom is -0.349 e. The second kappa shape index (κ2) is 6.19. The van der Waals surface area contributed by atoms with Crippen molar-refractivity contribution in [1.82, 2.24) is 4.90 Å². The van der Waals surface area contributed by atoms with Gasteiger partial charge in [0, 0.05) is 25.7 Å². The van der Waals surface area contributed by atoms with Crippen LogP contribution in [0.3, 0.4) is 0 Å². The first kappa shape index (κ1) is 14.7. The zero-order valence-corrected chi connectivity index (χ0v) is 13.1. The summed E-state index contributed by atoms with van der Waals surface area (Å²) in [5.41, 5.74) is 2.26. The molecule has 0 aliphatic rings. The van der Waals surface area contributed by atoms with E-state index in [1.807, 2.05) is 36.4 Å². The topological polar surface area (TPSA) is 20.3 Å². The van der Waals surface area contributed by atoms with Gasteiger partial charge in [0.1, 0.15) is 0 Å². The Labute approximate surface area is 123 Å². The van der Waals surface area contributed by atoms with Gasteiger partial charge in [-0.25, -0.2) is 0 Å². The highest BCUT2D eigenvalue weighted by Crippen LogP contribution is 2.42. The SMILES string of the molecule is CN(C)C(=O)CC(P)(c1ccccc1)c1ccccc1. The molecule has 0 radical (unpaired) electrons. The van der Waals surface area contributed by atoms with Crippen LogP contribution in [0.25, 0.3) is 0 Å². The monoisotopic (exact) mass is 285 g/mol. The van der Waals surface area contributed by atoms with Gasteiger partial charge in [-0.1, -0.05) is 60.7 Å². The molecule has 1 atom stereocenters. The fourth-order valence-electron chi connectivity index (χ4n) is 2.24. The molecule has 1 amide bonds. The minimum atomic E-state index is -0.385. The molecule has 0 aromatic heterocycles. The predicted octanol–water partition coefficient (Wildman–Crippen LogP) is 3.28. The molecule has 0 bridgehead atoms. The lowest BCUT2D eigenvalue weighted by Crippen LogP contribution is -2.31. The van der Waals surface area contributed by atoms with Gasteiger partial charge in [-0.05, 0) is 11.1 Å². The number of carbonyl (C=O) groups is 1. The fraction of sp³-hybridized carbons (Fsp3) is 0.235. The van der Waals surface area contributed by atoms with Crippen LogP contribution in [0.5, 0.6) is 0 Å². The average molecular weight is 285 g/mol. The second-order valence-electron chi connectivity index (χ2n) is 5.17. The van der Waals surface area contributed by atoms with Crippen molar-refractivity contribution in [1.29, 1.82) is 0 Å². The number of hydrogen-bond acceptors (Lipinski definition) is 1.